The van der Waals surface area contributed by atoms with Crippen LogP contribution >= 0.6 is 11.8 Å². The van der Waals surface area contributed by atoms with Crippen molar-refractivity contribution in [2.24, 2.45) is 0 Å². The molecule has 0 aliphatic carbocycles. The fraction of sp³-hybridized carbons (Fsp3) is 1.00. The van der Waals surface area contributed by atoms with Gasteiger partial charge in [0.15, 0.2) is 0 Å². The van der Waals surface area contributed by atoms with Crippen LogP contribution in [0, 0.1) is 0 Å². The summed E-state index contributed by atoms with van der Waals surface area (Å²) in [5.41, 5.74) is 3.39. The summed E-state index contributed by atoms with van der Waals surface area (Å²) >= 11 is 2.01. The lowest BCUT2D eigenvalue weighted by Crippen LogP contribution is -2.49. The summed E-state index contributed by atoms with van der Waals surface area (Å²) in [5.74, 6) is 0. The second-order valence-electron chi connectivity index (χ2n) is 2.76. The van der Waals surface area contributed by atoms with E-state index in [1.165, 1.54) is 6.54 Å². The van der Waals surface area contributed by atoms with Gasteiger partial charge in [0.1, 0.15) is 0 Å². The van der Waals surface area contributed by atoms with Gasteiger partial charge in [0, 0.05) is 18.3 Å². The van der Waals surface area contributed by atoms with Gasteiger partial charge in [-0.25, -0.2) is 10.4 Å². The van der Waals surface area contributed by atoms with Gasteiger partial charge in [-0.05, 0) is 6.92 Å². The average Bonchev–Trinajstić information content (AvgIpc) is 1.85. The molecule has 0 spiro atoms. The summed E-state index contributed by atoms with van der Waals surface area (Å²) in [5, 5.41) is 3.64. The molecule has 1 rings (SSSR count). The van der Waals surface area contributed by atoms with Crippen LogP contribution in [0.25, 0.3) is 0 Å². The first kappa shape index (κ1) is 8.37. The van der Waals surface area contributed by atoms with Gasteiger partial charge < -0.3 is 0 Å². The van der Waals surface area contributed by atoms with Gasteiger partial charge in [-0.2, -0.15) is 0 Å². The van der Waals surface area contributed by atoms with Crippen molar-refractivity contribution in [3.63, 3.8) is 0 Å². The Morgan fingerprint density at radius 2 is 2.30 bits per heavy atom. The molecule has 60 valence electrons. The molecule has 1 aliphatic heterocycles. The van der Waals surface area contributed by atoms with Gasteiger partial charge >= 0.3 is 0 Å². The number of hydrazine groups is 1. The highest BCUT2D eigenvalue weighted by Crippen LogP contribution is 2.20. The third kappa shape index (κ3) is 2.15. The molecule has 0 saturated carbocycles. The number of rotatable bonds is 1. The molecule has 0 amide bonds. The standard InChI is InChI=1S/C7H16N2S/c1-4-9-5-6(2)10-7(3)8-9/h6-8H,4-5H2,1-3H3. The van der Waals surface area contributed by atoms with Crippen molar-refractivity contribution in [3.05, 3.63) is 0 Å². The van der Waals surface area contributed by atoms with Gasteiger partial charge in [0.25, 0.3) is 0 Å². The van der Waals surface area contributed by atoms with Gasteiger partial charge in [-0.3, -0.25) is 0 Å². The molecule has 0 aromatic rings. The molecular formula is C7H16N2S. The Morgan fingerprint density at radius 3 is 2.80 bits per heavy atom. The molecule has 3 heteroatoms. The Hall–Kier alpha value is 0.270. The number of thioether (sulfide) groups is 1. The Balaban J connectivity index is 2.35. The van der Waals surface area contributed by atoms with Crippen LogP contribution < -0.4 is 5.43 Å². The fourth-order valence-electron chi connectivity index (χ4n) is 1.26. The van der Waals surface area contributed by atoms with E-state index in [2.05, 4.69) is 31.2 Å². The zero-order valence-electron chi connectivity index (χ0n) is 6.92. The van der Waals surface area contributed by atoms with Gasteiger partial charge in [0.05, 0.1) is 5.37 Å². The zero-order valence-corrected chi connectivity index (χ0v) is 7.74. The van der Waals surface area contributed by atoms with E-state index in [0.717, 1.165) is 11.8 Å². The Labute approximate surface area is 67.3 Å². The normalized spacial score (nSPS) is 36.3. The van der Waals surface area contributed by atoms with Gasteiger partial charge in [-0.1, -0.05) is 13.8 Å². The second-order valence-corrected chi connectivity index (χ2v) is 4.54. The predicted octanol–water partition coefficient (Wildman–Crippen LogP) is 1.29. The van der Waals surface area contributed by atoms with Gasteiger partial charge in [-0.15, -0.1) is 11.8 Å². The molecule has 1 N–H and O–H groups in total. The van der Waals surface area contributed by atoms with E-state index in [4.69, 9.17) is 0 Å². The molecule has 2 atom stereocenters. The third-order valence-electron chi connectivity index (χ3n) is 1.66. The van der Waals surface area contributed by atoms with Crippen LogP contribution in [0.1, 0.15) is 20.8 Å². The Kier molecular flexibility index (Phi) is 3.01. The fourth-order valence-corrected chi connectivity index (χ4v) is 2.44. The van der Waals surface area contributed by atoms with Crippen LogP contribution in [0.15, 0.2) is 0 Å². The van der Waals surface area contributed by atoms with Crippen LogP contribution in [0.2, 0.25) is 0 Å². The largest absolute Gasteiger partial charge is 0.243 e. The molecule has 0 aromatic heterocycles. The molecule has 1 fully saturated rings. The molecule has 2 nitrogen and oxygen atoms in total. The summed E-state index contributed by atoms with van der Waals surface area (Å²) < 4.78 is 0. The van der Waals surface area contributed by atoms with Crippen LogP contribution in [0.4, 0.5) is 0 Å². The number of nitrogens with zero attached hydrogens (tertiary/aromatic N) is 1. The van der Waals surface area contributed by atoms with Crippen molar-refractivity contribution in [2.75, 3.05) is 13.1 Å². The SMILES string of the molecule is CCN1CC(C)SC(C)N1. The van der Waals surface area contributed by atoms with E-state index in [1.807, 2.05) is 11.8 Å². The number of hydrogen-bond acceptors (Lipinski definition) is 3. The van der Waals surface area contributed by atoms with E-state index in [1.54, 1.807) is 0 Å². The highest BCUT2D eigenvalue weighted by Gasteiger charge is 2.19. The van der Waals surface area contributed by atoms with Crippen molar-refractivity contribution in [3.8, 4) is 0 Å². The number of hydrogen-bond donors (Lipinski definition) is 1. The third-order valence-corrected chi connectivity index (χ3v) is 2.79. The average molecular weight is 160 g/mol. The molecule has 0 aromatic carbocycles. The predicted molar refractivity (Wildman–Crippen MR) is 46.9 cm³/mol. The van der Waals surface area contributed by atoms with Crippen molar-refractivity contribution in [1.29, 1.82) is 0 Å². The van der Waals surface area contributed by atoms with Crippen molar-refractivity contribution in [1.82, 2.24) is 10.4 Å². The monoisotopic (exact) mass is 160 g/mol. The maximum Gasteiger partial charge on any atom is 0.0643 e. The molecular weight excluding hydrogens is 144 g/mol. The van der Waals surface area contributed by atoms with E-state index in [9.17, 15) is 0 Å². The first-order chi connectivity index (χ1) is 4.72. The van der Waals surface area contributed by atoms with Crippen molar-refractivity contribution < 1.29 is 0 Å². The summed E-state index contributed by atoms with van der Waals surface area (Å²) in [6, 6.07) is 0. The molecule has 1 saturated heterocycles. The van der Waals surface area contributed by atoms with E-state index in [-0.39, 0.29) is 0 Å². The van der Waals surface area contributed by atoms with E-state index >= 15 is 0 Å². The topological polar surface area (TPSA) is 15.3 Å². The lowest BCUT2D eigenvalue weighted by molar-refractivity contribution is 0.187. The lowest BCUT2D eigenvalue weighted by Gasteiger charge is -2.34. The lowest BCUT2D eigenvalue weighted by atomic mass is 10.4. The first-order valence-corrected chi connectivity index (χ1v) is 4.83. The molecule has 0 radical (unpaired) electrons. The van der Waals surface area contributed by atoms with Crippen LogP contribution in [0.5, 0.6) is 0 Å². The van der Waals surface area contributed by atoms with Crippen LogP contribution in [-0.2, 0) is 0 Å². The minimum atomic E-state index is 0.587. The summed E-state index contributed by atoms with van der Waals surface area (Å²) in [4.78, 5) is 0. The molecule has 0 bridgehead atoms. The summed E-state index contributed by atoms with van der Waals surface area (Å²) in [6.45, 7) is 8.96. The minimum absolute atomic E-state index is 0.587. The van der Waals surface area contributed by atoms with Crippen molar-refractivity contribution >= 4 is 11.8 Å². The van der Waals surface area contributed by atoms with Gasteiger partial charge in [0.2, 0.25) is 0 Å². The maximum atomic E-state index is 3.39. The molecule has 1 heterocycles. The molecule has 1 aliphatic rings. The van der Waals surface area contributed by atoms with Crippen LogP contribution in [-0.4, -0.2) is 28.7 Å². The first-order valence-electron chi connectivity index (χ1n) is 3.89. The minimum Gasteiger partial charge on any atom is -0.243 e. The van der Waals surface area contributed by atoms with Crippen molar-refractivity contribution in [2.45, 2.75) is 31.4 Å². The zero-order chi connectivity index (χ0) is 7.56. The second kappa shape index (κ2) is 3.60. The summed E-state index contributed by atoms with van der Waals surface area (Å²) in [6.07, 6.45) is 0. The quantitative estimate of drug-likeness (QED) is 0.622. The highest BCUT2D eigenvalue weighted by atomic mass is 32.2. The highest BCUT2D eigenvalue weighted by molar-refractivity contribution is 8.00. The Bertz CT molecular complexity index is 97.8. The molecule has 2 unspecified atom stereocenters. The maximum absolute atomic E-state index is 3.39. The Morgan fingerprint density at radius 1 is 1.60 bits per heavy atom. The number of nitrogens with one attached hydrogen (secondary N) is 1. The smallest absolute Gasteiger partial charge is 0.0643 e. The molecule has 10 heavy (non-hydrogen) atoms. The van der Waals surface area contributed by atoms with E-state index < -0.39 is 0 Å². The van der Waals surface area contributed by atoms with E-state index in [0.29, 0.717) is 5.37 Å². The summed E-state index contributed by atoms with van der Waals surface area (Å²) in [7, 11) is 0. The van der Waals surface area contributed by atoms with Crippen LogP contribution in [0.3, 0.4) is 0 Å².